The number of fused-ring (bicyclic) bond motifs is 4. The van der Waals surface area contributed by atoms with Crippen LogP contribution in [0.2, 0.25) is 0 Å². The van der Waals surface area contributed by atoms with Gasteiger partial charge in [-0.1, -0.05) is 127 Å². The predicted molar refractivity (Wildman–Crippen MR) is 170 cm³/mol. The number of hydrogen-bond donors (Lipinski definition) is 0. The van der Waals surface area contributed by atoms with Crippen LogP contribution in [0.3, 0.4) is 0 Å². The first-order valence-electron chi connectivity index (χ1n) is 13.8. The predicted octanol–water partition coefficient (Wildman–Crippen LogP) is 9.70. The fourth-order valence-corrected chi connectivity index (χ4v) is 5.83. The zero-order chi connectivity index (χ0) is 27.2. The lowest BCUT2D eigenvalue weighted by atomic mass is 9.95. The zero-order valence-corrected chi connectivity index (χ0v) is 22.3. The third-order valence-electron chi connectivity index (χ3n) is 7.84. The Morgan fingerprint density at radius 2 is 1.10 bits per heavy atom. The van der Waals surface area contributed by atoms with Crippen LogP contribution in [-0.2, 0) is 0 Å². The second kappa shape index (κ2) is 9.58. The molecule has 0 saturated heterocycles. The largest absolute Gasteiger partial charge is 0.256 e. The number of aromatic nitrogens is 3. The third-order valence-corrected chi connectivity index (χ3v) is 7.84. The zero-order valence-electron chi connectivity index (χ0n) is 22.3. The highest BCUT2D eigenvalue weighted by Gasteiger charge is 2.21. The van der Waals surface area contributed by atoms with Gasteiger partial charge in [-0.3, -0.25) is 4.98 Å². The summed E-state index contributed by atoms with van der Waals surface area (Å²) in [5, 5.41) is 8.82. The molecule has 3 heterocycles. The number of para-hydroxylation sites is 1. The number of rotatable bonds is 4. The summed E-state index contributed by atoms with van der Waals surface area (Å²) in [7, 11) is 0. The summed E-state index contributed by atoms with van der Waals surface area (Å²) in [5.74, 6) is 0. The van der Waals surface area contributed by atoms with Gasteiger partial charge in [0.05, 0.1) is 16.7 Å². The Morgan fingerprint density at radius 1 is 0.463 bits per heavy atom. The Labute approximate surface area is 238 Å². The van der Waals surface area contributed by atoms with Crippen LogP contribution in [0.1, 0.15) is 0 Å². The highest BCUT2D eigenvalue weighted by Crippen LogP contribution is 2.41. The van der Waals surface area contributed by atoms with E-state index in [4.69, 9.17) is 5.10 Å². The number of nitrogens with zero attached hydrogens (tertiary/aromatic N) is 3. The Balaban J connectivity index is 1.39. The van der Waals surface area contributed by atoms with E-state index in [-0.39, 0.29) is 0 Å². The number of hydrogen-bond acceptors (Lipinski definition) is 2. The van der Waals surface area contributed by atoms with Gasteiger partial charge in [-0.25, -0.2) is 4.52 Å². The molecule has 0 aliphatic rings. The summed E-state index contributed by atoms with van der Waals surface area (Å²) >= 11 is 0. The smallest absolute Gasteiger partial charge is 0.101 e. The first-order valence-corrected chi connectivity index (χ1v) is 13.8. The van der Waals surface area contributed by atoms with Gasteiger partial charge in [0.2, 0.25) is 0 Å². The van der Waals surface area contributed by atoms with Crippen LogP contribution in [-0.4, -0.2) is 14.6 Å². The first-order chi connectivity index (χ1) is 20.3. The maximum atomic E-state index is 5.31. The van der Waals surface area contributed by atoms with Crippen LogP contribution in [0.5, 0.6) is 0 Å². The van der Waals surface area contributed by atoms with Crippen LogP contribution in [0.25, 0.3) is 72.0 Å². The molecule has 0 saturated carbocycles. The highest BCUT2D eigenvalue weighted by molar-refractivity contribution is 6.08. The van der Waals surface area contributed by atoms with Gasteiger partial charge in [-0.05, 0) is 34.7 Å². The molecule has 8 aromatic rings. The van der Waals surface area contributed by atoms with Crippen LogP contribution in [0, 0.1) is 0 Å². The molecular formula is C38H25N3. The van der Waals surface area contributed by atoms with E-state index < -0.39 is 0 Å². The third kappa shape index (κ3) is 3.98. The molecule has 0 unspecified atom stereocenters. The molecule has 3 aromatic heterocycles. The molecule has 0 aliphatic carbocycles. The van der Waals surface area contributed by atoms with Crippen molar-refractivity contribution in [2.24, 2.45) is 0 Å². The second-order valence-electron chi connectivity index (χ2n) is 10.3. The maximum absolute atomic E-state index is 5.31. The van der Waals surface area contributed by atoms with Crippen LogP contribution in [0.15, 0.2) is 152 Å². The van der Waals surface area contributed by atoms with Gasteiger partial charge in [0.15, 0.2) is 0 Å². The summed E-state index contributed by atoms with van der Waals surface area (Å²) in [6, 6.07) is 51.2. The molecule has 5 aromatic carbocycles. The van der Waals surface area contributed by atoms with E-state index in [9.17, 15) is 0 Å². The summed E-state index contributed by atoms with van der Waals surface area (Å²) in [4.78, 5) is 4.68. The monoisotopic (exact) mass is 523 g/mol. The molecule has 0 bridgehead atoms. The Morgan fingerprint density at radius 3 is 1.88 bits per heavy atom. The van der Waals surface area contributed by atoms with E-state index in [1.165, 1.54) is 10.8 Å². The topological polar surface area (TPSA) is 30.2 Å². The molecule has 8 rings (SSSR count). The Hall–Kier alpha value is -5.54. The lowest BCUT2D eigenvalue weighted by Gasteiger charge is -2.11. The fraction of sp³-hybridized carbons (Fsp3) is 0. The molecular weight excluding hydrogens is 498 g/mol. The number of benzene rings is 5. The van der Waals surface area contributed by atoms with Gasteiger partial charge >= 0.3 is 0 Å². The van der Waals surface area contributed by atoms with Crippen molar-refractivity contribution in [3.8, 4) is 44.8 Å². The van der Waals surface area contributed by atoms with Crippen molar-refractivity contribution >= 4 is 27.2 Å². The molecule has 0 radical (unpaired) electrons. The molecule has 3 heteroatoms. The minimum absolute atomic E-state index is 0.972. The average molecular weight is 524 g/mol. The van der Waals surface area contributed by atoms with E-state index in [0.29, 0.717) is 0 Å². The van der Waals surface area contributed by atoms with Crippen LogP contribution >= 0.6 is 0 Å². The average Bonchev–Trinajstić information content (AvgIpc) is 3.46. The van der Waals surface area contributed by atoms with Crippen LogP contribution < -0.4 is 0 Å². The molecule has 0 amide bonds. The van der Waals surface area contributed by atoms with Gasteiger partial charge in [0.1, 0.15) is 5.69 Å². The van der Waals surface area contributed by atoms with Crippen molar-refractivity contribution in [2.45, 2.75) is 0 Å². The summed E-state index contributed by atoms with van der Waals surface area (Å²) in [6.07, 6.45) is 1.96. The number of pyridine rings is 2. The van der Waals surface area contributed by atoms with E-state index in [1.807, 2.05) is 18.3 Å². The normalized spacial score (nSPS) is 11.4. The fourth-order valence-electron chi connectivity index (χ4n) is 5.83. The quantitative estimate of drug-likeness (QED) is 0.230. The Kier molecular flexibility index (Phi) is 5.46. The van der Waals surface area contributed by atoms with E-state index in [0.717, 1.165) is 61.2 Å². The molecule has 41 heavy (non-hydrogen) atoms. The molecule has 0 N–H and O–H groups in total. The van der Waals surface area contributed by atoms with Gasteiger partial charge in [-0.2, -0.15) is 5.10 Å². The van der Waals surface area contributed by atoms with E-state index in [1.54, 1.807) is 0 Å². The van der Waals surface area contributed by atoms with E-state index >= 15 is 0 Å². The minimum atomic E-state index is 0.972. The van der Waals surface area contributed by atoms with Gasteiger partial charge in [0.25, 0.3) is 0 Å². The van der Waals surface area contributed by atoms with Crippen molar-refractivity contribution in [1.82, 2.24) is 14.6 Å². The highest BCUT2D eigenvalue weighted by atomic mass is 15.2. The maximum Gasteiger partial charge on any atom is 0.101 e. The molecule has 192 valence electrons. The molecule has 0 fully saturated rings. The lowest BCUT2D eigenvalue weighted by Crippen LogP contribution is -1.95. The SMILES string of the molecule is c1ccc(-c2nn3c(-c4ccccc4)cc4ccccc4c3c2-c2ccc(-c3cnc4ccccc4c3)cc2)cc1. The van der Waals surface area contributed by atoms with Crippen molar-refractivity contribution in [1.29, 1.82) is 0 Å². The summed E-state index contributed by atoms with van der Waals surface area (Å²) in [5.41, 5.74) is 10.9. The molecule has 3 nitrogen and oxygen atoms in total. The van der Waals surface area contributed by atoms with Gasteiger partial charge in [0, 0.05) is 39.2 Å². The van der Waals surface area contributed by atoms with E-state index in [2.05, 4.69) is 143 Å². The molecule has 0 aliphatic heterocycles. The van der Waals surface area contributed by atoms with Crippen molar-refractivity contribution < 1.29 is 0 Å². The minimum Gasteiger partial charge on any atom is -0.256 e. The summed E-state index contributed by atoms with van der Waals surface area (Å²) in [6.45, 7) is 0. The van der Waals surface area contributed by atoms with Crippen molar-refractivity contribution in [3.05, 3.63) is 152 Å². The standard InChI is InChI=1S/C38H25N3/c1-3-11-27(12-4-1)35-24-30-15-7-9-17-33(30)38-36(37(40-41(35)38)29-13-5-2-6-14-29)28-21-19-26(20-22-28)32-23-31-16-8-10-18-34(31)39-25-32/h1-25H. The van der Waals surface area contributed by atoms with Crippen molar-refractivity contribution in [3.63, 3.8) is 0 Å². The first kappa shape index (κ1) is 23.4. The lowest BCUT2D eigenvalue weighted by molar-refractivity contribution is 0.979. The van der Waals surface area contributed by atoms with Gasteiger partial charge < -0.3 is 0 Å². The Bertz CT molecular complexity index is 2180. The molecule has 0 atom stereocenters. The van der Waals surface area contributed by atoms with Crippen LogP contribution in [0.4, 0.5) is 0 Å². The van der Waals surface area contributed by atoms with Crippen molar-refractivity contribution in [2.75, 3.05) is 0 Å². The molecule has 0 spiro atoms. The summed E-state index contributed by atoms with van der Waals surface area (Å²) < 4.78 is 2.14. The van der Waals surface area contributed by atoms with Gasteiger partial charge in [-0.15, -0.1) is 0 Å². The second-order valence-corrected chi connectivity index (χ2v) is 10.3.